The van der Waals surface area contributed by atoms with Crippen LogP contribution in [0.15, 0.2) is 41.2 Å². The third-order valence-corrected chi connectivity index (χ3v) is 2.23. The number of hydrogen-bond acceptors (Lipinski definition) is 4. The minimum absolute atomic E-state index is 0.223. The van der Waals surface area contributed by atoms with Gasteiger partial charge in [-0.1, -0.05) is 6.58 Å². The summed E-state index contributed by atoms with van der Waals surface area (Å²) in [5.74, 6) is 0. The minimum Gasteiger partial charge on any atom is -0.325 e. The van der Waals surface area contributed by atoms with E-state index in [1.54, 1.807) is 12.1 Å². The summed E-state index contributed by atoms with van der Waals surface area (Å²) in [6, 6.07) is 3.22. The number of nitrogens with two attached hydrogens (primary N) is 1. The number of allylic oxidation sites excluding steroid dienone is 1. The number of pyridine rings is 1. The van der Waals surface area contributed by atoms with Crippen molar-refractivity contribution in [1.29, 1.82) is 0 Å². The highest BCUT2D eigenvalue weighted by Crippen LogP contribution is 2.17. The molecule has 4 nitrogen and oxygen atoms in total. The van der Waals surface area contributed by atoms with Crippen molar-refractivity contribution in [3.8, 4) is 0 Å². The molecule has 19 heavy (non-hydrogen) atoms. The van der Waals surface area contributed by atoms with Gasteiger partial charge in [0.2, 0.25) is 0 Å². The molecule has 0 saturated carbocycles. The van der Waals surface area contributed by atoms with Gasteiger partial charge in [-0.15, -0.1) is 0 Å². The van der Waals surface area contributed by atoms with E-state index in [0.29, 0.717) is 11.3 Å². The number of alkyl halides is 3. The topological polar surface area (TPSA) is 63.6 Å². The molecule has 1 rings (SSSR count). The predicted octanol–water partition coefficient (Wildman–Crippen LogP) is 2.45. The first kappa shape index (κ1) is 15.0. The fraction of sp³-hybridized carbons (Fsp3) is 0.250. The summed E-state index contributed by atoms with van der Waals surface area (Å²) in [7, 11) is 0. The third-order valence-electron chi connectivity index (χ3n) is 2.23. The molecule has 0 saturated heterocycles. The number of aromatic nitrogens is 1. The van der Waals surface area contributed by atoms with Crippen molar-refractivity contribution in [3.05, 3.63) is 42.2 Å². The maximum absolute atomic E-state index is 12.3. The molecular formula is C12H13F3N4. The summed E-state index contributed by atoms with van der Waals surface area (Å²) < 4.78 is 36.8. The quantitative estimate of drug-likeness (QED) is 0.674. The van der Waals surface area contributed by atoms with E-state index >= 15 is 0 Å². The van der Waals surface area contributed by atoms with Crippen LogP contribution in [0.2, 0.25) is 0 Å². The van der Waals surface area contributed by atoms with E-state index in [9.17, 15) is 13.2 Å². The van der Waals surface area contributed by atoms with Gasteiger partial charge in [0.15, 0.2) is 0 Å². The highest BCUT2D eigenvalue weighted by molar-refractivity contribution is 6.08. The smallest absolute Gasteiger partial charge is 0.325 e. The van der Waals surface area contributed by atoms with Crippen LogP contribution >= 0.6 is 0 Å². The summed E-state index contributed by atoms with van der Waals surface area (Å²) in [6.45, 7) is 4.57. The van der Waals surface area contributed by atoms with Gasteiger partial charge < -0.3 is 5.73 Å². The maximum atomic E-state index is 12.3. The number of nitrogens with zero attached hydrogens (tertiary/aromatic N) is 3. The molecule has 0 aliphatic heterocycles. The van der Waals surface area contributed by atoms with Crippen LogP contribution in [0.25, 0.3) is 0 Å². The Bertz CT molecular complexity index is 518. The van der Waals surface area contributed by atoms with Crippen molar-refractivity contribution in [1.82, 2.24) is 4.98 Å². The summed E-state index contributed by atoms with van der Waals surface area (Å²) >= 11 is 0. The molecule has 0 bridgehead atoms. The van der Waals surface area contributed by atoms with Crippen LogP contribution in [0, 0.1) is 0 Å². The van der Waals surface area contributed by atoms with Crippen molar-refractivity contribution in [2.24, 2.45) is 15.9 Å². The van der Waals surface area contributed by atoms with Gasteiger partial charge >= 0.3 is 6.18 Å². The van der Waals surface area contributed by atoms with Crippen molar-refractivity contribution in [2.45, 2.75) is 19.6 Å². The van der Waals surface area contributed by atoms with Gasteiger partial charge in [-0.05, 0) is 25.1 Å². The van der Waals surface area contributed by atoms with Crippen LogP contribution in [0.3, 0.4) is 0 Å². The van der Waals surface area contributed by atoms with Crippen LogP contribution in [0.1, 0.15) is 18.2 Å². The van der Waals surface area contributed by atoms with Crippen LogP contribution in [-0.2, 0) is 6.54 Å². The minimum atomic E-state index is -4.49. The molecule has 0 spiro atoms. The van der Waals surface area contributed by atoms with Crippen LogP contribution < -0.4 is 5.73 Å². The lowest BCUT2D eigenvalue weighted by molar-refractivity contribution is -0.0593. The first-order valence-electron chi connectivity index (χ1n) is 5.35. The summed E-state index contributed by atoms with van der Waals surface area (Å²) in [5.41, 5.74) is 5.79. The van der Waals surface area contributed by atoms with Crippen LogP contribution in [0.5, 0.6) is 0 Å². The SMILES string of the molecule is C=C/C(=N\N=C(/C)C(F)(F)F)c1ccnc(CN)c1. The Morgan fingerprint density at radius 1 is 1.47 bits per heavy atom. The normalized spacial score (nSPS) is 13.5. The molecule has 1 aromatic heterocycles. The van der Waals surface area contributed by atoms with Gasteiger partial charge in [-0.2, -0.15) is 23.4 Å². The van der Waals surface area contributed by atoms with E-state index in [1.165, 1.54) is 12.3 Å². The summed E-state index contributed by atoms with van der Waals surface area (Å²) in [5, 5.41) is 6.71. The first-order valence-corrected chi connectivity index (χ1v) is 5.35. The van der Waals surface area contributed by atoms with E-state index in [1.807, 2.05) is 0 Å². The summed E-state index contributed by atoms with van der Waals surface area (Å²) in [6.07, 6.45) is -1.67. The lowest BCUT2D eigenvalue weighted by Crippen LogP contribution is -2.19. The Morgan fingerprint density at radius 3 is 2.68 bits per heavy atom. The highest BCUT2D eigenvalue weighted by Gasteiger charge is 2.32. The van der Waals surface area contributed by atoms with E-state index < -0.39 is 11.9 Å². The zero-order valence-electron chi connectivity index (χ0n) is 10.3. The molecule has 0 unspecified atom stereocenters. The van der Waals surface area contributed by atoms with Crippen LogP contribution in [0.4, 0.5) is 13.2 Å². The lowest BCUT2D eigenvalue weighted by atomic mass is 10.1. The molecule has 0 amide bonds. The number of hydrogen-bond donors (Lipinski definition) is 1. The highest BCUT2D eigenvalue weighted by atomic mass is 19.4. The molecule has 0 atom stereocenters. The zero-order chi connectivity index (χ0) is 14.5. The Labute approximate surface area is 108 Å². The Hall–Kier alpha value is -2.02. The Balaban J connectivity index is 3.10. The van der Waals surface area contributed by atoms with Crippen LogP contribution in [-0.4, -0.2) is 22.6 Å². The Kier molecular flexibility index (Phi) is 4.94. The second-order valence-electron chi connectivity index (χ2n) is 3.61. The van der Waals surface area contributed by atoms with Gasteiger partial charge in [-0.3, -0.25) is 4.98 Å². The number of halogens is 3. The lowest BCUT2D eigenvalue weighted by Gasteiger charge is -2.04. The van der Waals surface area contributed by atoms with Crippen molar-refractivity contribution < 1.29 is 13.2 Å². The van der Waals surface area contributed by atoms with E-state index in [0.717, 1.165) is 6.92 Å². The summed E-state index contributed by atoms with van der Waals surface area (Å²) in [4.78, 5) is 3.98. The fourth-order valence-electron chi connectivity index (χ4n) is 1.15. The molecule has 7 heteroatoms. The fourth-order valence-corrected chi connectivity index (χ4v) is 1.15. The number of rotatable bonds is 4. The standard InChI is InChI=1S/C12H13F3N4/c1-3-11(19-18-8(2)12(13,14)15)9-4-5-17-10(6-9)7-16/h3-6H,1,7,16H2,2H3/b18-8+,19-11+. The molecule has 0 aromatic carbocycles. The van der Waals surface area contributed by atoms with Gasteiger partial charge in [0.05, 0.1) is 11.4 Å². The van der Waals surface area contributed by atoms with Gasteiger partial charge in [-0.25, -0.2) is 0 Å². The molecule has 0 aliphatic carbocycles. The molecule has 0 fully saturated rings. The van der Waals surface area contributed by atoms with Crippen molar-refractivity contribution in [3.63, 3.8) is 0 Å². The van der Waals surface area contributed by atoms with Crippen molar-refractivity contribution in [2.75, 3.05) is 0 Å². The largest absolute Gasteiger partial charge is 0.431 e. The monoisotopic (exact) mass is 270 g/mol. The predicted molar refractivity (Wildman–Crippen MR) is 68.0 cm³/mol. The van der Waals surface area contributed by atoms with E-state index in [-0.39, 0.29) is 12.3 Å². The molecule has 0 radical (unpaired) electrons. The zero-order valence-corrected chi connectivity index (χ0v) is 10.3. The molecule has 1 heterocycles. The molecule has 102 valence electrons. The van der Waals surface area contributed by atoms with Gasteiger partial charge in [0.25, 0.3) is 0 Å². The van der Waals surface area contributed by atoms with E-state index in [2.05, 4.69) is 21.8 Å². The van der Waals surface area contributed by atoms with Crippen molar-refractivity contribution >= 4 is 11.4 Å². The average molecular weight is 270 g/mol. The van der Waals surface area contributed by atoms with Gasteiger partial charge in [0.1, 0.15) is 5.71 Å². The Morgan fingerprint density at radius 2 is 2.16 bits per heavy atom. The van der Waals surface area contributed by atoms with E-state index in [4.69, 9.17) is 5.73 Å². The first-order chi connectivity index (χ1) is 8.88. The molecule has 1 aromatic rings. The average Bonchev–Trinajstić information content (AvgIpc) is 2.38. The molecular weight excluding hydrogens is 257 g/mol. The molecule has 2 N–H and O–H groups in total. The third kappa shape index (κ3) is 4.29. The second kappa shape index (κ2) is 6.24. The maximum Gasteiger partial charge on any atom is 0.431 e. The molecule has 0 aliphatic rings. The second-order valence-corrected chi connectivity index (χ2v) is 3.61. The van der Waals surface area contributed by atoms with Gasteiger partial charge in [0, 0.05) is 18.3 Å².